The fourth-order valence-corrected chi connectivity index (χ4v) is 2.51. The van der Waals surface area contributed by atoms with E-state index in [0.717, 1.165) is 12.1 Å². The van der Waals surface area contributed by atoms with E-state index in [1.807, 2.05) is 0 Å². The fourth-order valence-electron chi connectivity index (χ4n) is 2.51. The van der Waals surface area contributed by atoms with Crippen molar-refractivity contribution < 1.29 is 52.8 Å². The first-order chi connectivity index (χ1) is 15.5. The highest BCUT2D eigenvalue weighted by atomic mass is 16.6. The van der Waals surface area contributed by atoms with Gasteiger partial charge < -0.3 is 28.8 Å². The molecule has 1 atom stereocenters. The van der Waals surface area contributed by atoms with E-state index in [1.54, 1.807) is 0 Å². The lowest BCUT2D eigenvalue weighted by Gasteiger charge is -2.17. The molecule has 1 aliphatic rings. The molecule has 1 unspecified atom stereocenters. The third-order valence-electron chi connectivity index (χ3n) is 4.14. The molecule has 1 aliphatic heterocycles. The summed E-state index contributed by atoms with van der Waals surface area (Å²) in [6.45, 7) is 8.68. The predicted octanol–water partition coefficient (Wildman–Crippen LogP) is 1.40. The van der Waals surface area contributed by atoms with Gasteiger partial charge in [0.1, 0.15) is 19.8 Å². The molecule has 1 heterocycles. The third kappa shape index (κ3) is 6.57. The molecule has 1 aromatic carbocycles. The Morgan fingerprint density at radius 1 is 0.879 bits per heavy atom. The molecule has 2 rings (SSSR count). The van der Waals surface area contributed by atoms with Gasteiger partial charge in [-0.15, -0.1) is 0 Å². The number of fused-ring (bicyclic) bond motifs is 1. The summed E-state index contributed by atoms with van der Waals surface area (Å²) < 4.78 is 24.4. The highest BCUT2D eigenvalue weighted by Crippen LogP contribution is 2.29. The molecule has 33 heavy (non-hydrogen) atoms. The zero-order valence-electron chi connectivity index (χ0n) is 18.0. The van der Waals surface area contributed by atoms with Crippen molar-refractivity contribution in [3.8, 4) is 0 Å². The Labute approximate surface area is 188 Å². The normalized spacial score (nSPS) is 12.9. The molecular weight excluding hydrogens is 440 g/mol. The number of aliphatic hydroxyl groups is 1. The number of aliphatic hydroxyl groups excluding tert-OH is 1. The van der Waals surface area contributed by atoms with Crippen molar-refractivity contribution in [2.45, 2.75) is 20.1 Å². The van der Waals surface area contributed by atoms with E-state index in [9.17, 15) is 29.1 Å². The number of hydrogen-bond donors (Lipinski definition) is 1. The minimum atomic E-state index is -1.74. The second kappa shape index (κ2) is 11.2. The third-order valence-corrected chi connectivity index (χ3v) is 4.14. The molecular formula is C22H22O11. The van der Waals surface area contributed by atoms with Crippen molar-refractivity contribution in [1.82, 2.24) is 0 Å². The van der Waals surface area contributed by atoms with Gasteiger partial charge in [0, 0.05) is 16.7 Å². The van der Waals surface area contributed by atoms with E-state index >= 15 is 0 Å². The van der Waals surface area contributed by atoms with E-state index in [4.69, 9.17) is 18.9 Å². The minimum absolute atomic E-state index is 0.166. The van der Waals surface area contributed by atoms with Crippen LogP contribution in [-0.2, 0) is 33.3 Å². The zero-order valence-corrected chi connectivity index (χ0v) is 18.0. The van der Waals surface area contributed by atoms with Crippen LogP contribution in [0, 0.1) is 0 Å². The van der Waals surface area contributed by atoms with Gasteiger partial charge in [0.25, 0.3) is 0 Å². The van der Waals surface area contributed by atoms with E-state index in [-0.39, 0.29) is 59.8 Å². The van der Waals surface area contributed by atoms with Crippen LogP contribution < -0.4 is 0 Å². The lowest BCUT2D eigenvalue weighted by atomic mass is 9.99. The summed E-state index contributed by atoms with van der Waals surface area (Å²) in [4.78, 5) is 59.0. The second-order valence-electron chi connectivity index (χ2n) is 6.85. The maximum absolute atomic E-state index is 12.6. The summed E-state index contributed by atoms with van der Waals surface area (Å²) in [7, 11) is 0. The Hall–Kier alpha value is -3.83. The lowest BCUT2D eigenvalue weighted by Crippen LogP contribution is -2.19. The molecule has 0 saturated heterocycles. The maximum Gasteiger partial charge on any atom is 0.346 e. The van der Waals surface area contributed by atoms with Gasteiger partial charge in [-0.25, -0.2) is 24.0 Å². The number of carbonyl (C=O) groups is 5. The summed E-state index contributed by atoms with van der Waals surface area (Å²) in [6.07, 6.45) is -1.74. The Bertz CT molecular complexity index is 1020. The highest BCUT2D eigenvalue weighted by Gasteiger charge is 2.34. The van der Waals surface area contributed by atoms with Crippen LogP contribution in [0.3, 0.4) is 0 Å². The minimum Gasteiger partial charge on any atom is -0.460 e. The molecule has 176 valence electrons. The average molecular weight is 462 g/mol. The van der Waals surface area contributed by atoms with E-state index in [1.165, 1.54) is 13.8 Å². The summed E-state index contributed by atoms with van der Waals surface area (Å²) >= 11 is 0. The van der Waals surface area contributed by atoms with Crippen LogP contribution in [-0.4, -0.2) is 61.4 Å². The van der Waals surface area contributed by atoms with Gasteiger partial charge >= 0.3 is 29.8 Å². The summed E-state index contributed by atoms with van der Waals surface area (Å²) in [5.41, 5.74) is -0.477. The Morgan fingerprint density at radius 2 is 1.36 bits per heavy atom. The van der Waals surface area contributed by atoms with Crippen LogP contribution in [0.15, 0.2) is 36.4 Å². The molecule has 0 aliphatic carbocycles. The van der Waals surface area contributed by atoms with Gasteiger partial charge in [0.2, 0.25) is 0 Å². The number of esters is 5. The zero-order chi connectivity index (χ0) is 24.7. The molecule has 1 N–H and O–H groups in total. The number of rotatable bonds is 11. The van der Waals surface area contributed by atoms with Crippen molar-refractivity contribution >= 4 is 29.8 Å². The Kier molecular flexibility index (Phi) is 8.60. The quantitative estimate of drug-likeness (QED) is 0.127. The van der Waals surface area contributed by atoms with Crippen LogP contribution >= 0.6 is 0 Å². The first-order valence-electron chi connectivity index (χ1n) is 9.59. The van der Waals surface area contributed by atoms with E-state index in [0.29, 0.717) is 0 Å². The molecule has 0 amide bonds. The number of benzene rings is 1. The van der Waals surface area contributed by atoms with Crippen molar-refractivity contribution in [3.63, 3.8) is 0 Å². The van der Waals surface area contributed by atoms with Gasteiger partial charge in [-0.3, -0.25) is 0 Å². The SMILES string of the molecule is C=C(C)C(=O)OCCOC(=O)c1cc2c(cc1C(O)OCCOC(=O)C(=C)C)C(=O)OC2=O. The van der Waals surface area contributed by atoms with Gasteiger partial charge in [0.05, 0.1) is 23.3 Å². The molecule has 0 bridgehead atoms. The largest absolute Gasteiger partial charge is 0.460 e. The summed E-state index contributed by atoms with van der Waals surface area (Å²) in [5.74, 6) is -4.22. The molecule has 1 aromatic rings. The van der Waals surface area contributed by atoms with Gasteiger partial charge in [-0.1, -0.05) is 13.2 Å². The Morgan fingerprint density at radius 3 is 1.91 bits per heavy atom. The molecule has 0 saturated carbocycles. The average Bonchev–Trinajstić information content (AvgIpc) is 3.05. The van der Waals surface area contributed by atoms with E-state index in [2.05, 4.69) is 17.9 Å². The van der Waals surface area contributed by atoms with Crippen LogP contribution in [0.5, 0.6) is 0 Å². The van der Waals surface area contributed by atoms with E-state index < -0.39 is 36.1 Å². The molecule has 0 spiro atoms. The van der Waals surface area contributed by atoms with Gasteiger partial charge in [0.15, 0.2) is 6.29 Å². The smallest absolute Gasteiger partial charge is 0.346 e. The predicted molar refractivity (Wildman–Crippen MR) is 109 cm³/mol. The molecule has 0 radical (unpaired) electrons. The first kappa shape index (κ1) is 25.4. The monoisotopic (exact) mass is 462 g/mol. The maximum atomic E-state index is 12.6. The van der Waals surface area contributed by atoms with Crippen LogP contribution in [0.1, 0.15) is 56.8 Å². The van der Waals surface area contributed by atoms with Crippen LogP contribution in [0.2, 0.25) is 0 Å². The summed E-state index contributed by atoms with van der Waals surface area (Å²) in [6, 6.07) is 2.11. The number of carbonyl (C=O) groups excluding carboxylic acids is 5. The molecule has 11 heteroatoms. The van der Waals surface area contributed by atoms with Crippen molar-refractivity contribution in [3.05, 3.63) is 58.7 Å². The highest BCUT2D eigenvalue weighted by molar-refractivity contribution is 6.15. The Balaban J connectivity index is 2.13. The second-order valence-corrected chi connectivity index (χ2v) is 6.85. The van der Waals surface area contributed by atoms with Gasteiger partial charge in [-0.2, -0.15) is 0 Å². The van der Waals surface area contributed by atoms with Crippen molar-refractivity contribution in [1.29, 1.82) is 0 Å². The topological polar surface area (TPSA) is 152 Å². The number of ether oxygens (including phenoxy) is 5. The first-order valence-corrected chi connectivity index (χ1v) is 9.59. The van der Waals surface area contributed by atoms with Gasteiger partial charge in [-0.05, 0) is 26.0 Å². The van der Waals surface area contributed by atoms with Crippen LogP contribution in [0.25, 0.3) is 0 Å². The lowest BCUT2D eigenvalue weighted by molar-refractivity contribution is -0.147. The van der Waals surface area contributed by atoms with Crippen molar-refractivity contribution in [2.24, 2.45) is 0 Å². The summed E-state index contributed by atoms with van der Waals surface area (Å²) in [5, 5.41) is 10.4. The fraction of sp³-hybridized carbons (Fsp3) is 0.318. The molecule has 0 aromatic heterocycles. The van der Waals surface area contributed by atoms with Crippen LogP contribution in [0.4, 0.5) is 0 Å². The number of hydrogen-bond acceptors (Lipinski definition) is 11. The molecule has 0 fully saturated rings. The standard InChI is InChI=1S/C22H22O11/c1-11(2)17(23)29-5-7-31-19(25)13-9-15-16(22(28)33-21(15)27)10-14(13)20(26)32-8-6-30-18(24)12(3)4/h9-10,19,25H,1,3,5-8H2,2,4H3. The molecule has 11 nitrogen and oxygen atoms in total. The van der Waals surface area contributed by atoms with Crippen molar-refractivity contribution in [2.75, 3.05) is 26.4 Å². The number of cyclic esters (lactones) is 2.